The summed E-state index contributed by atoms with van der Waals surface area (Å²) in [6, 6.07) is 11.5. The number of benzene rings is 2. The molecule has 0 amide bonds. The fourth-order valence-electron chi connectivity index (χ4n) is 3.92. The van der Waals surface area contributed by atoms with Gasteiger partial charge in [0, 0.05) is 24.5 Å². The first-order valence-electron chi connectivity index (χ1n) is 9.53. The van der Waals surface area contributed by atoms with Crippen LogP contribution in [0.5, 0.6) is 17.2 Å². The molecule has 2 aliphatic rings. The van der Waals surface area contributed by atoms with Crippen LogP contribution in [0.3, 0.4) is 0 Å². The zero-order chi connectivity index (χ0) is 19.1. The fraction of sp³-hybridized carbons (Fsp3) is 0.318. The highest BCUT2D eigenvalue weighted by atomic mass is 16.7. The van der Waals surface area contributed by atoms with Gasteiger partial charge in [-0.25, -0.2) is 4.79 Å². The molecule has 0 bridgehead atoms. The number of fused-ring (bicyclic) bond motifs is 4. The summed E-state index contributed by atoms with van der Waals surface area (Å²) in [6.07, 6.45) is 1.82. The van der Waals surface area contributed by atoms with Gasteiger partial charge in [-0.05, 0) is 41.8 Å². The maximum Gasteiger partial charge on any atom is 0.336 e. The number of hydrogen-bond acceptors (Lipinski definition) is 6. The van der Waals surface area contributed by atoms with Crippen molar-refractivity contribution >= 4 is 11.0 Å². The van der Waals surface area contributed by atoms with E-state index < -0.39 is 0 Å². The second kappa shape index (κ2) is 6.87. The third-order valence-electron chi connectivity index (χ3n) is 5.21. The molecule has 3 heterocycles. The monoisotopic (exact) mass is 379 g/mol. The van der Waals surface area contributed by atoms with Crippen LogP contribution in [0.1, 0.15) is 30.0 Å². The molecule has 0 aliphatic carbocycles. The molecule has 144 valence electrons. The molecule has 0 fully saturated rings. The summed E-state index contributed by atoms with van der Waals surface area (Å²) in [7, 11) is 0. The van der Waals surface area contributed by atoms with Gasteiger partial charge in [0.2, 0.25) is 6.79 Å². The zero-order valence-electron chi connectivity index (χ0n) is 15.7. The van der Waals surface area contributed by atoms with E-state index in [0.29, 0.717) is 25.4 Å². The summed E-state index contributed by atoms with van der Waals surface area (Å²) < 4.78 is 22.4. The van der Waals surface area contributed by atoms with E-state index in [1.807, 2.05) is 30.3 Å². The molecule has 0 saturated carbocycles. The molecule has 0 atom stereocenters. The molecule has 6 heteroatoms. The summed E-state index contributed by atoms with van der Waals surface area (Å²) >= 11 is 0. The Balaban J connectivity index is 1.47. The maximum absolute atomic E-state index is 12.1. The van der Waals surface area contributed by atoms with E-state index in [2.05, 4.69) is 11.8 Å². The second-order valence-corrected chi connectivity index (χ2v) is 7.21. The van der Waals surface area contributed by atoms with Crippen molar-refractivity contribution < 1.29 is 18.6 Å². The van der Waals surface area contributed by atoms with Gasteiger partial charge in [-0.15, -0.1) is 0 Å². The number of ether oxygens (including phenoxy) is 3. The molecule has 2 aliphatic heterocycles. The minimum Gasteiger partial charge on any atom is -0.478 e. The van der Waals surface area contributed by atoms with Crippen LogP contribution in [-0.4, -0.2) is 18.4 Å². The van der Waals surface area contributed by atoms with Gasteiger partial charge in [0.05, 0.1) is 5.56 Å². The highest BCUT2D eigenvalue weighted by Gasteiger charge is 2.23. The average Bonchev–Trinajstić information content (AvgIpc) is 3.16. The number of nitrogens with zero attached hydrogens (tertiary/aromatic N) is 1. The van der Waals surface area contributed by atoms with Crippen molar-refractivity contribution in [2.45, 2.75) is 32.9 Å². The Morgan fingerprint density at radius 2 is 1.86 bits per heavy atom. The van der Waals surface area contributed by atoms with E-state index in [9.17, 15) is 4.79 Å². The van der Waals surface area contributed by atoms with Crippen LogP contribution < -0.4 is 19.8 Å². The molecular formula is C22H21NO5. The molecule has 3 aromatic rings. The smallest absolute Gasteiger partial charge is 0.336 e. The van der Waals surface area contributed by atoms with E-state index in [4.69, 9.17) is 18.6 Å². The molecule has 0 unspecified atom stereocenters. The molecule has 6 nitrogen and oxygen atoms in total. The number of rotatable bonds is 4. The predicted molar refractivity (Wildman–Crippen MR) is 104 cm³/mol. The molecule has 28 heavy (non-hydrogen) atoms. The summed E-state index contributed by atoms with van der Waals surface area (Å²) in [4.78, 5) is 14.3. The number of aryl methyl sites for hydroxylation is 1. The first-order chi connectivity index (χ1) is 13.7. The lowest BCUT2D eigenvalue weighted by Crippen LogP contribution is -2.31. The highest BCUT2D eigenvalue weighted by molar-refractivity contribution is 5.85. The standard InChI is InChI=1S/C22H21NO5/c1-2-3-15-9-21(24)28-22-16(15)5-7-18-17(22)11-23(12-25-18)10-14-4-6-19-20(8-14)27-13-26-19/h4-9H,2-3,10-13H2,1H3. The van der Waals surface area contributed by atoms with Crippen molar-refractivity contribution in [2.24, 2.45) is 0 Å². The molecule has 1 aromatic heterocycles. The van der Waals surface area contributed by atoms with Gasteiger partial charge < -0.3 is 18.6 Å². The molecule has 0 spiro atoms. The first kappa shape index (κ1) is 17.1. The molecule has 0 N–H and O–H groups in total. The Bertz CT molecular complexity index is 1100. The van der Waals surface area contributed by atoms with Crippen molar-refractivity contribution in [2.75, 3.05) is 13.5 Å². The topological polar surface area (TPSA) is 61.1 Å². The van der Waals surface area contributed by atoms with Crippen molar-refractivity contribution in [1.82, 2.24) is 4.90 Å². The normalized spacial score (nSPS) is 15.5. The summed E-state index contributed by atoms with van der Waals surface area (Å²) in [5.74, 6) is 2.34. The molecule has 5 rings (SSSR count). The minimum absolute atomic E-state index is 0.268. The van der Waals surface area contributed by atoms with Crippen molar-refractivity contribution in [3.8, 4) is 17.2 Å². The third-order valence-corrected chi connectivity index (χ3v) is 5.21. The van der Waals surface area contributed by atoms with Crippen LogP contribution in [0, 0.1) is 0 Å². The predicted octanol–water partition coefficient (Wildman–Crippen LogP) is 3.83. The highest BCUT2D eigenvalue weighted by Crippen LogP contribution is 2.35. The van der Waals surface area contributed by atoms with Crippen molar-refractivity contribution in [3.05, 3.63) is 63.5 Å². The second-order valence-electron chi connectivity index (χ2n) is 7.21. The largest absolute Gasteiger partial charge is 0.478 e. The van der Waals surface area contributed by atoms with E-state index in [-0.39, 0.29) is 12.4 Å². The van der Waals surface area contributed by atoms with Crippen LogP contribution in [0.15, 0.2) is 45.6 Å². The van der Waals surface area contributed by atoms with Gasteiger partial charge >= 0.3 is 5.63 Å². The Morgan fingerprint density at radius 1 is 1.00 bits per heavy atom. The van der Waals surface area contributed by atoms with Gasteiger partial charge in [0.25, 0.3) is 0 Å². The lowest BCUT2D eigenvalue weighted by atomic mass is 10.0. The van der Waals surface area contributed by atoms with E-state index in [0.717, 1.165) is 52.2 Å². The van der Waals surface area contributed by atoms with Gasteiger partial charge in [-0.3, -0.25) is 4.90 Å². The number of hydrogen-bond donors (Lipinski definition) is 0. The van der Waals surface area contributed by atoms with Gasteiger partial charge in [-0.2, -0.15) is 0 Å². The van der Waals surface area contributed by atoms with Crippen molar-refractivity contribution in [1.29, 1.82) is 0 Å². The maximum atomic E-state index is 12.1. The van der Waals surface area contributed by atoms with E-state index in [1.165, 1.54) is 0 Å². The Hall–Kier alpha value is -2.99. The van der Waals surface area contributed by atoms with Crippen LogP contribution in [0.4, 0.5) is 0 Å². The molecule has 0 saturated heterocycles. The van der Waals surface area contributed by atoms with Crippen LogP contribution in [0.25, 0.3) is 11.0 Å². The molecule has 0 radical (unpaired) electrons. The van der Waals surface area contributed by atoms with Gasteiger partial charge in [0.15, 0.2) is 11.5 Å². The van der Waals surface area contributed by atoms with Crippen LogP contribution >= 0.6 is 0 Å². The van der Waals surface area contributed by atoms with E-state index in [1.54, 1.807) is 6.07 Å². The molecular weight excluding hydrogens is 358 g/mol. The third kappa shape index (κ3) is 2.99. The fourth-order valence-corrected chi connectivity index (χ4v) is 3.92. The van der Waals surface area contributed by atoms with E-state index >= 15 is 0 Å². The zero-order valence-corrected chi connectivity index (χ0v) is 15.7. The summed E-state index contributed by atoms with van der Waals surface area (Å²) in [5, 5.41) is 0.994. The average molecular weight is 379 g/mol. The quantitative estimate of drug-likeness (QED) is 0.642. The Morgan fingerprint density at radius 3 is 2.75 bits per heavy atom. The first-order valence-corrected chi connectivity index (χ1v) is 9.53. The lowest BCUT2D eigenvalue weighted by Gasteiger charge is -2.29. The van der Waals surface area contributed by atoms with Crippen LogP contribution in [0.2, 0.25) is 0 Å². The Labute approximate surface area is 162 Å². The SMILES string of the molecule is CCCc1cc(=O)oc2c3c(ccc12)OCN(Cc1ccc2c(c1)OCO2)C3. The van der Waals surface area contributed by atoms with Gasteiger partial charge in [0.1, 0.15) is 18.1 Å². The minimum atomic E-state index is -0.308. The Kier molecular flexibility index (Phi) is 4.20. The lowest BCUT2D eigenvalue weighted by molar-refractivity contribution is 0.0889. The van der Waals surface area contributed by atoms with Gasteiger partial charge in [-0.1, -0.05) is 19.4 Å². The van der Waals surface area contributed by atoms with Crippen LogP contribution in [-0.2, 0) is 19.5 Å². The van der Waals surface area contributed by atoms with Crippen molar-refractivity contribution in [3.63, 3.8) is 0 Å². The molecule has 2 aromatic carbocycles. The summed E-state index contributed by atoms with van der Waals surface area (Å²) in [6.45, 7) is 4.20. The summed E-state index contributed by atoms with van der Waals surface area (Å²) in [5.41, 5.74) is 3.41.